The normalized spacial score (nSPS) is 14.9. The van der Waals surface area contributed by atoms with Crippen LogP contribution >= 0.6 is 0 Å². The van der Waals surface area contributed by atoms with Crippen LogP contribution in [0.25, 0.3) is 33.6 Å². The summed E-state index contributed by atoms with van der Waals surface area (Å²) >= 11 is 0. The molecule has 186 valence electrons. The molecule has 1 fully saturated rings. The highest BCUT2D eigenvalue weighted by molar-refractivity contribution is 5.99. The Labute approximate surface area is 207 Å². The number of carbonyl (C=O) groups is 1. The first-order chi connectivity index (χ1) is 17.1. The van der Waals surface area contributed by atoms with E-state index in [1.165, 1.54) is 7.05 Å². The first-order valence-corrected chi connectivity index (χ1v) is 12.0. The second-order valence-electron chi connectivity index (χ2n) is 10.3. The van der Waals surface area contributed by atoms with Crippen LogP contribution in [0.2, 0.25) is 0 Å². The van der Waals surface area contributed by atoms with Gasteiger partial charge in [0.15, 0.2) is 0 Å². The number of aromatic nitrogens is 2. The largest absolute Gasteiger partial charge is 0.444 e. The third kappa shape index (κ3) is 4.12. The first-order valence-electron chi connectivity index (χ1n) is 12.0. The molecule has 0 bridgehead atoms. The number of carbonyl (C=O) groups excluding carboxylic acids is 1. The Hall–Kier alpha value is -4.07. The molecule has 1 aliphatic carbocycles. The van der Waals surface area contributed by atoms with E-state index in [0.717, 1.165) is 40.5 Å². The van der Waals surface area contributed by atoms with E-state index < -0.39 is 28.5 Å². The molecule has 0 aliphatic heterocycles. The van der Waals surface area contributed by atoms with Crippen LogP contribution in [-0.4, -0.2) is 21.2 Å². The van der Waals surface area contributed by atoms with Gasteiger partial charge in [-0.3, -0.25) is 14.3 Å². The van der Waals surface area contributed by atoms with E-state index in [2.05, 4.69) is 10.3 Å². The molecule has 0 atom stereocenters. The third-order valence-corrected chi connectivity index (χ3v) is 6.66. The van der Waals surface area contributed by atoms with E-state index in [1.54, 1.807) is 0 Å². The Kier molecular flexibility index (Phi) is 5.62. The van der Waals surface area contributed by atoms with Gasteiger partial charge in [-0.25, -0.2) is 9.59 Å². The van der Waals surface area contributed by atoms with Crippen molar-refractivity contribution in [3.63, 3.8) is 0 Å². The van der Waals surface area contributed by atoms with Crippen molar-refractivity contribution >= 4 is 17.2 Å². The number of rotatable bonds is 4. The lowest BCUT2D eigenvalue weighted by atomic mass is 9.71. The highest BCUT2D eigenvalue weighted by atomic mass is 16.6. The van der Waals surface area contributed by atoms with E-state index in [-0.39, 0.29) is 5.71 Å². The molecule has 8 heteroatoms. The van der Waals surface area contributed by atoms with E-state index in [0.29, 0.717) is 16.7 Å². The van der Waals surface area contributed by atoms with Gasteiger partial charge in [0.2, 0.25) is 5.71 Å². The number of benzene rings is 2. The predicted molar refractivity (Wildman–Crippen MR) is 138 cm³/mol. The van der Waals surface area contributed by atoms with E-state index in [1.807, 2.05) is 75.4 Å². The van der Waals surface area contributed by atoms with Crippen molar-refractivity contribution in [1.29, 1.82) is 0 Å². The molecule has 0 radical (unpaired) electrons. The number of fused-ring (bicyclic) bond motifs is 1. The molecular formula is C28H29N3O5. The number of hydrogen-bond donors (Lipinski definition) is 2. The van der Waals surface area contributed by atoms with Gasteiger partial charge in [-0.1, -0.05) is 54.6 Å². The third-order valence-electron chi connectivity index (χ3n) is 6.66. The van der Waals surface area contributed by atoms with Gasteiger partial charge in [-0.15, -0.1) is 0 Å². The average molecular weight is 488 g/mol. The number of amides is 1. The van der Waals surface area contributed by atoms with Crippen LogP contribution in [0.5, 0.6) is 0 Å². The van der Waals surface area contributed by atoms with E-state index in [9.17, 15) is 14.4 Å². The summed E-state index contributed by atoms with van der Waals surface area (Å²) in [6.45, 7) is 5.52. The van der Waals surface area contributed by atoms with Crippen LogP contribution in [-0.2, 0) is 17.3 Å². The quantitative estimate of drug-likeness (QED) is 0.419. The minimum Gasteiger partial charge on any atom is -0.444 e. The van der Waals surface area contributed by atoms with Crippen LogP contribution in [0, 0.1) is 0 Å². The van der Waals surface area contributed by atoms with Crippen molar-refractivity contribution in [1.82, 2.24) is 14.9 Å². The van der Waals surface area contributed by atoms with E-state index >= 15 is 0 Å². The lowest BCUT2D eigenvalue weighted by Crippen LogP contribution is -2.52. The molecule has 4 aromatic rings. The van der Waals surface area contributed by atoms with Crippen molar-refractivity contribution in [3.8, 4) is 22.5 Å². The van der Waals surface area contributed by atoms with Gasteiger partial charge >= 0.3 is 11.8 Å². The smallest absolute Gasteiger partial charge is 0.408 e. The fourth-order valence-corrected chi connectivity index (χ4v) is 4.70. The summed E-state index contributed by atoms with van der Waals surface area (Å²) in [6.07, 6.45) is 2.22. The molecule has 2 aromatic heterocycles. The summed E-state index contributed by atoms with van der Waals surface area (Å²) < 4.78 is 12.6. The number of nitrogens with one attached hydrogen (secondary N) is 2. The molecule has 8 nitrogen and oxygen atoms in total. The lowest BCUT2D eigenvalue weighted by molar-refractivity contribution is 0.0377. The standard InChI is InChI=1S/C28H29N3O5/c1-27(2,3)36-26(34)30-28(15-8-16-28)19-13-11-18(12-14-19)22-20(17-9-6-5-7-10-17)21-23(35-22)29-25(33)31(4)24(21)32/h5-7,9-14H,8,15-16H2,1-4H3,(H,29,33)(H,30,34). The minimum absolute atomic E-state index is 0.142. The molecular weight excluding hydrogens is 458 g/mol. The summed E-state index contributed by atoms with van der Waals surface area (Å²) in [4.78, 5) is 40.5. The zero-order chi connectivity index (χ0) is 25.7. The Morgan fingerprint density at radius 1 is 1.03 bits per heavy atom. The van der Waals surface area contributed by atoms with Crippen molar-refractivity contribution in [2.75, 3.05) is 0 Å². The van der Waals surface area contributed by atoms with Gasteiger partial charge in [-0.2, -0.15) is 0 Å². The number of aromatic amines is 1. The summed E-state index contributed by atoms with van der Waals surface area (Å²) in [5.74, 6) is 0.490. The molecule has 1 amide bonds. The molecule has 0 spiro atoms. The van der Waals surface area contributed by atoms with Gasteiger partial charge in [-0.05, 0) is 51.2 Å². The van der Waals surface area contributed by atoms with Crippen LogP contribution in [0.3, 0.4) is 0 Å². The highest BCUT2D eigenvalue weighted by Gasteiger charge is 2.41. The molecule has 0 unspecified atom stereocenters. The van der Waals surface area contributed by atoms with Crippen LogP contribution < -0.4 is 16.6 Å². The van der Waals surface area contributed by atoms with Crippen LogP contribution in [0.15, 0.2) is 68.6 Å². The Bertz CT molecular complexity index is 1550. The molecule has 2 heterocycles. The zero-order valence-electron chi connectivity index (χ0n) is 20.8. The van der Waals surface area contributed by atoms with E-state index in [4.69, 9.17) is 9.15 Å². The number of ether oxygens (including phenoxy) is 1. The van der Waals surface area contributed by atoms with Gasteiger partial charge in [0, 0.05) is 18.2 Å². The summed E-state index contributed by atoms with van der Waals surface area (Å²) in [7, 11) is 1.44. The van der Waals surface area contributed by atoms with Gasteiger partial charge in [0.1, 0.15) is 16.7 Å². The SMILES string of the molecule is Cn1c(=O)[nH]c2oc(-c3ccc(C4(NC(=O)OC(C)(C)C)CCC4)cc3)c(-c3ccccc3)c2c1=O. The van der Waals surface area contributed by atoms with Crippen molar-refractivity contribution < 1.29 is 13.9 Å². The molecule has 2 aromatic carbocycles. The number of alkyl carbamates (subject to hydrolysis) is 1. The van der Waals surface area contributed by atoms with Gasteiger partial charge < -0.3 is 14.5 Å². The Balaban J connectivity index is 1.58. The van der Waals surface area contributed by atoms with Crippen molar-refractivity contribution in [2.24, 2.45) is 7.05 Å². The number of H-pyrrole nitrogens is 1. The predicted octanol–water partition coefficient (Wildman–Crippen LogP) is 5.06. The maximum absolute atomic E-state index is 13.1. The highest BCUT2D eigenvalue weighted by Crippen LogP contribution is 2.43. The Morgan fingerprint density at radius 3 is 2.28 bits per heavy atom. The molecule has 1 aliphatic rings. The molecule has 0 saturated heterocycles. The Morgan fingerprint density at radius 2 is 1.69 bits per heavy atom. The molecule has 1 saturated carbocycles. The fourth-order valence-electron chi connectivity index (χ4n) is 4.70. The number of nitrogens with zero attached hydrogens (tertiary/aromatic N) is 1. The topological polar surface area (TPSA) is 106 Å². The second kappa shape index (κ2) is 8.55. The summed E-state index contributed by atoms with van der Waals surface area (Å²) in [5.41, 5.74) is 1.29. The van der Waals surface area contributed by atoms with Gasteiger partial charge in [0.05, 0.1) is 5.54 Å². The fraction of sp³-hybridized carbons (Fsp3) is 0.321. The lowest BCUT2D eigenvalue weighted by Gasteiger charge is -2.43. The molecule has 2 N–H and O–H groups in total. The zero-order valence-corrected chi connectivity index (χ0v) is 20.8. The maximum atomic E-state index is 13.1. The number of hydrogen-bond acceptors (Lipinski definition) is 5. The minimum atomic E-state index is -0.577. The molecule has 5 rings (SSSR count). The maximum Gasteiger partial charge on any atom is 0.408 e. The van der Waals surface area contributed by atoms with Crippen molar-refractivity contribution in [3.05, 3.63) is 81.0 Å². The number of furan rings is 1. The summed E-state index contributed by atoms with van der Waals surface area (Å²) in [5, 5.41) is 3.40. The monoisotopic (exact) mass is 487 g/mol. The van der Waals surface area contributed by atoms with Gasteiger partial charge in [0.25, 0.3) is 5.56 Å². The molecule has 36 heavy (non-hydrogen) atoms. The van der Waals surface area contributed by atoms with Crippen LogP contribution in [0.4, 0.5) is 4.79 Å². The summed E-state index contributed by atoms with van der Waals surface area (Å²) in [6, 6.07) is 17.2. The van der Waals surface area contributed by atoms with Crippen molar-refractivity contribution in [2.45, 2.75) is 51.2 Å². The second-order valence-corrected chi connectivity index (χ2v) is 10.3. The van der Waals surface area contributed by atoms with Crippen LogP contribution in [0.1, 0.15) is 45.6 Å². The first kappa shape index (κ1) is 23.7. The average Bonchev–Trinajstić information content (AvgIpc) is 3.19.